The molecule has 0 spiro atoms. The first-order valence-electron chi connectivity index (χ1n) is 9.79. The quantitative estimate of drug-likeness (QED) is 0.287. The minimum Gasteiger partial charge on any atom is -0.506 e. The summed E-state index contributed by atoms with van der Waals surface area (Å²) in [4.78, 5) is 24.0. The molecule has 0 amide bonds. The van der Waals surface area contributed by atoms with Crippen molar-refractivity contribution in [3.8, 4) is 17.2 Å². The van der Waals surface area contributed by atoms with E-state index in [1.165, 1.54) is 18.2 Å². The Morgan fingerprint density at radius 3 is 0.941 bits per heavy atom. The first-order valence-corrected chi connectivity index (χ1v) is 9.79. The van der Waals surface area contributed by atoms with Crippen LogP contribution >= 0.6 is 0 Å². The molecule has 0 saturated carbocycles. The molecule has 0 aliphatic heterocycles. The maximum absolute atomic E-state index is 9.27. The molecule has 0 fully saturated rings. The van der Waals surface area contributed by atoms with Gasteiger partial charge in [0.15, 0.2) is 17.4 Å². The lowest BCUT2D eigenvalue weighted by Crippen LogP contribution is -1.80. The number of aromatic nitrogens is 6. The van der Waals surface area contributed by atoms with Gasteiger partial charge in [0, 0.05) is 55.4 Å². The molecular weight excluding hydrogens is 447 g/mol. The molecule has 168 valence electrons. The maximum Gasteiger partial charge on any atom is 0.187 e. The lowest BCUT2D eigenvalue weighted by molar-refractivity contribution is 0.479. The van der Waals surface area contributed by atoms with Crippen LogP contribution in [-0.4, -0.2) is 62.6 Å². The van der Waals surface area contributed by atoms with Crippen molar-refractivity contribution in [2.24, 2.45) is 0 Å². The SMILES string of the molecule is Oc1ccnc2cccnc12.Oc1ccnc2cccnc12.Oc1ccnc2cccnc12.[AlH3]. The average molecular weight is 468 g/mol. The molecule has 6 rings (SSSR count). The predicted molar refractivity (Wildman–Crippen MR) is 134 cm³/mol. The van der Waals surface area contributed by atoms with Gasteiger partial charge in [-0.1, -0.05) is 0 Å². The number of aromatic hydroxyl groups is 3. The molecule has 0 aliphatic rings. The van der Waals surface area contributed by atoms with E-state index < -0.39 is 0 Å². The fourth-order valence-electron chi connectivity index (χ4n) is 2.90. The number of pyridine rings is 6. The molecule has 3 N–H and O–H groups in total. The van der Waals surface area contributed by atoms with Gasteiger partial charge in [-0.15, -0.1) is 0 Å². The zero-order chi connectivity index (χ0) is 23.0. The summed E-state index contributed by atoms with van der Waals surface area (Å²) in [7, 11) is 0. The van der Waals surface area contributed by atoms with Gasteiger partial charge in [0.25, 0.3) is 0 Å². The van der Waals surface area contributed by atoms with Crippen molar-refractivity contribution >= 4 is 50.5 Å². The van der Waals surface area contributed by atoms with Gasteiger partial charge in [-0.25, -0.2) is 0 Å². The second-order valence-corrected chi connectivity index (χ2v) is 6.60. The Bertz CT molecular complexity index is 1330. The predicted octanol–water partition coefficient (Wildman–Crippen LogP) is 2.82. The minimum absolute atomic E-state index is 0. The second-order valence-electron chi connectivity index (χ2n) is 6.60. The first kappa shape index (κ1) is 24.3. The van der Waals surface area contributed by atoms with Crippen molar-refractivity contribution in [2.75, 3.05) is 0 Å². The lowest BCUT2D eigenvalue weighted by atomic mass is 10.3. The van der Waals surface area contributed by atoms with Gasteiger partial charge in [-0.3, -0.25) is 29.9 Å². The number of fused-ring (bicyclic) bond motifs is 3. The number of hydrogen-bond donors (Lipinski definition) is 3. The zero-order valence-corrected chi connectivity index (χ0v) is 17.2. The summed E-state index contributed by atoms with van der Waals surface area (Å²) in [6.45, 7) is 0. The van der Waals surface area contributed by atoms with Crippen LogP contribution in [0.3, 0.4) is 0 Å². The Hall–Kier alpha value is -4.39. The van der Waals surface area contributed by atoms with Crippen molar-refractivity contribution in [2.45, 2.75) is 0 Å². The summed E-state index contributed by atoms with van der Waals surface area (Å²) in [5.41, 5.74) is 3.80. The van der Waals surface area contributed by atoms with Gasteiger partial charge in [-0.05, 0) is 36.4 Å². The monoisotopic (exact) mass is 468 g/mol. The van der Waals surface area contributed by atoms with E-state index in [9.17, 15) is 15.3 Å². The van der Waals surface area contributed by atoms with Crippen LogP contribution in [0.25, 0.3) is 33.1 Å². The maximum atomic E-state index is 9.27. The van der Waals surface area contributed by atoms with Gasteiger partial charge in [0.1, 0.15) is 33.8 Å². The van der Waals surface area contributed by atoms with Crippen molar-refractivity contribution < 1.29 is 15.3 Å². The Labute approximate surface area is 204 Å². The van der Waals surface area contributed by atoms with Crippen molar-refractivity contribution in [1.82, 2.24) is 29.9 Å². The second kappa shape index (κ2) is 11.5. The fraction of sp³-hybridized carbons (Fsp3) is 0. The van der Waals surface area contributed by atoms with E-state index >= 15 is 0 Å². The Morgan fingerprint density at radius 2 is 0.676 bits per heavy atom. The van der Waals surface area contributed by atoms with Crippen LogP contribution in [0.5, 0.6) is 17.2 Å². The highest BCUT2D eigenvalue weighted by atomic mass is 27.0. The number of nitrogens with zero attached hydrogens (tertiary/aromatic N) is 6. The van der Waals surface area contributed by atoms with Crippen LogP contribution in [0.15, 0.2) is 91.8 Å². The zero-order valence-electron chi connectivity index (χ0n) is 17.2. The summed E-state index contributed by atoms with van der Waals surface area (Å²) in [6.07, 6.45) is 9.55. The van der Waals surface area contributed by atoms with Crippen LogP contribution in [0.4, 0.5) is 0 Å². The average Bonchev–Trinajstić information content (AvgIpc) is 2.86. The molecule has 6 aromatic rings. The van der Waals surface area contributed by atoms with Crippen LogP contribution in [0, 0.1) is 0 Å². The standard InChI is InChI=1S/3C8H6N2O.Al.3H/c3*11-7-3-5-9-6-2-1-4-10-8(6)7;;;;/h3*1-5H,(H,9,11);;;;. The molecule has 0 bridgehead atoms. The molecule has 0 aromatic carbocycles. The fourth-order valence-corrected chi connectivity index (χ4v) is 2.90. The number of hydrogen-bond acceptors (Lipinski definition) is 9. The van der Waals surface area contributed by atoms with E-state index in [1.54, 1.807) is 55.4 Å². The van der Waals surface area contributed by atoms with Gasteiger partial charge in [0.2, 0.25) is 0 Å². The van der Waals surface area contributed by atoms with E-state index in [1.807, 2.05) is 18.2 Å². The summed E-state index contributed by atoms with van der Waals surface area (Å²) in [5.74, 6) is 0.529. The summed E-state index contributed by atoms with van der Waals surface area (Å²) < 4.78 is 0. The molecule has 0 atom stereocenters. The van der Waals surface area contributed by atoms with Crippen LogP contribution in [-0.2, 0) is 0 Å². The van der Waals surface area contributed by atoms with Crippen molar-refractivity contribution in [3.63, 3.8) is 0 Å². The summed E-state index contributed by atoms with van der Waals surface area (Å²) in [6, 6.07) is 15.4. The Kier molecular flexibility index (Phi) is 8.18. The van der Waals surface area contributed by atoms with Gasteiger partial charge < -0.3 is 15.3 Å². The topological polar surface area (TPSA) is 138 Å². The highest BCUT2D eigenvalue weighted by Crippen LogP contribution is 2.19. The molecule has 0 saturated heterocycles. The first-order chi connectivity index (χ1) is 16.1. The van der Waals surface area contributed by atoms with E-state index in [0.717, 1.165) is 0 Å². The minimum atomic E-state index is 0. The Balaban J connectivity index is 0.000000141. The molecule has 0 aliphatic carbocycles. The molecule has 6 heterocycles. The van der Waals surface area contributed by atoms with E-state index in [0.29, 0.717) is 33.1 Å². The summed E-state index contributed by atoms with van der Waals surface area (Å²) >= 11 is 0. The Morgan fingerprint density at radius 1 is 0.382 bits per heavy atom. The van der Waals surface area contributed by atoms with E-state index in [4.69, 9.17) is 0 Å². The molecule has 9 nitrogen and oxygen atoms in total. The summed E-state index contributed by atoms with van der Waals surface area (Å²) in [5, 5.41) is 27.8. The van der Waals surface area contributed by atoms with Crippen LogP contribution in [0.2, 0.25) is 0 Å². The van der Waals surface area contributed by atoms with Crippen molar-refractivity contribution in [3.05, 3.63) is 91.8 Å². The number of rotatable bonds is 0. The van der Waals surface area contributed by atoms with E-state index in [-0.39, 0.29) is 34.6 Å². The molecule has 0 unspecified atom stereocenters. The van der Waals surface area contributed by atoms with Crippen LogP contribution in [0.1, 0.15) is 0 Å². The third kappa shape index (κ3) is 5.69. The third-order valence-electron chi connectivity index (χ3n) is 4.43. The highest BCUT2D eigenvalue weighted by Gasteiger charge is 1.99. The molecule has 0 radical (unpaired) electrons. The highest BCUT2D eigenvalue weighted by molar-refractivity contribution is 5.80. The largest absolute Gasteiger partial charge is 0.506 e. The molecule has 10 heteroatoms. The molecule has 6 aromatic heterocycles. The van der Waals surface area contributed by atoms with Gasteiger partial charge in [-0.2, -0.15) is 0 Å². The van der Waals surface area contributed by atoms with E-state index in [2.05, 4.69) is 29.9 Å². The molecule has 34 heavy (non-hydrogen) atoms. The smallest absolute Gasteiger partial charge is 0.187 e. The van der Waals surface area contributed by atoms with Crippen LogP contribution < -0.4 is 0 Å². The van der Waals surface area contributed by atoms with Gasteiger partial charge in [0.05, 0.1) is 16.6 Å². The van der Waals surface area contributed by atoms with Gasteiger partial charge >= 0.3 is 0 Å². The third-order valence-corrected chi connectivity index (χ3v) is 4.43. The molecular formula is C24H21AlN6O3. The normalized spacial score (nSPS) is 9.88. The van der Waals surface area contributed by atoms with Crippen molar-refractivity contribution in [1.29, 1.82) is 0 Å². The lowest BCUT2D eigenvalue weighted by Gasteiger charge is -1.95.